The summed E-state index contributed by atoms with van der Waals surface area (Å²) in [5.41, 5.74) is -0.390. The normalized spacial score (nSPS) is 17.7. The number of carbonyl (C=O) groups is 1. The first-order valence-electron chi connectivity index (χ1n) is 6.14. The summed E-state index contributed by atoms with van der Waals surface area (Å²) >= 11 is 0. The third-order valence-corrected chi connectivity index (χ3v) is 4.90. The first-order valence-corrected chi connectivity index (χ1v) is 7.62. The molecule has 1 fully saturated rings. The molecule has 7 heteroatoms. The van der Waals surface area contributed by atoms with Gasteiger partial charge in [-0.05, 0) is 39.7 Å². The van der Waals surface area contributed by atoms with Gasteiger partial charge in [-0.1, -0.05) is 0 Å². The standard InChI is InChI=1S/C12H18N2O4S/c1-8(2)14-7-9(6-10(14)11(15)16)19(17,18)13-12(3)4-5-12/h6-8,13H,4-5H2,1-3H3,(H,15,16). The van der Waals surface area contributed by atoms with Gasteiger partial charge in [-0.15, -0.1) is 0 Å². The summed E-state index contributed by atoms with van der Waals surface area (Å²) in [5.74, 6) is -1.13. The smallest absolute Gasteiger partial charge is 0.352 e. The van der Waals surface area contributed by atoms with Crippen molar-refractivity contribution in [3.63, 3.8) is 0 Å². The Balaban J connectivity index is 2.40. The van der Waals surface area contributed by atoms with Gasteiger partial charge in [0.2, 0.25) is 10.0 Å². The van der Waals surface area contributed by atoms with Gasteiger partial charge in [-0.2, -0.15) is 0 Å². The fourth-order valence-corrected chi connectivity index (χ4v) is 3.36. The summed E-state index contributed by atoms with van der Waals surface area (Å²) in [4.78, 5) is 11.1. The van der Waals surface area contributed by atoms with Gasteiger partial charge in [0.15, 0.2) is 0 Å². The number of carboxylic acid groups (broad SMARTS) is 1. The average Bonchev–Trinajstić information content (AvgIpc) is 2.82. The van der Waals surface area contributed by atoms with Gasteiger partial charge < -0.3 is 9.67 Å². The number of nitrogens with zero attached hydrogens (tertiary/aromatic N) is 1. The molecule has 0 saturated heterocycles. The number of carboxylic acids is 1. The minimum atomic E-state index is -3.66. The topological polar surface area (TPSA) is 88.4 Å². The van der Waals surface area contributed by atoms with Crippen LogP contribution in [0.25, 0.3) is 0 Å². The molecular formula is C12H18N2O4S. The van der Waals surface area contributed by atoms with Crippen molar-refractivity contribution in [2.24, 2.45) is 0 Å². The maximum atomic E-state index is 12.2. The summed E-state index contributed by atoms with van der Waals surface area (Å²) < 4.78 is 28.4. The van der Waals surface area contributed by atoms with Crippen molar-refractivity contribution in [2.75, 3.05) is 0 Å². The molecule has 0 radical (unpaired) electrons. The Labute approximate surface area is 112 Å². The van der Waals surface area contributed by atoms with Crippen LogP contribution in [0.15, 0.2) is 17.2 Å². The van der Waals surface area contributed by atoms with E-state index in [-0.39, 0.29) is 22.2 Å². The third kappa shape index (κ3) is 2.82. The average molecular weight is 286 g/mol. The quantitative estimate of drug-likeness (QED) is 0.860. The molecule has 1 aliphatic carbocycles. The Kier molecular flexibility index (Phi) is 3.22. The van der Waals surface area contributed by atoms with E-state index in [2.05, 4.69) is 4.72 Å². The summed E-state index contributed by atoms with van der Waals surface area (Å²) in [5, 5.41) is 9.10. The van der Waals surface area contributed by atoms with E-state index in [1.54, 1.807) is 13.8 Å². The van der Waals surface area contributed by atoms with Crippen molar-refractivity contribution in [1.82, 2.24) is 9.29 Å². The molecule has 0 aliphatic heterocycles. The summed E-state index contributed by atoms with van der Waals surface area (Å²) in [6.07, 6.45) is 2.99. The van der Waals surface area contributed by atoms with Crippen molar-refractivity contribution in [3.8, 4) is 0 Å². The lowest BCUT2D eigenvalue weighted by molar-refractivity contribution is 0.0683. The third-order valence-electron chi connectivity index (χ3n) is 3.29. The van der Waals surface area contributed by atoms with E-state index in [4.69, 9.17) is 5.11 Å². The summed E-state index contributed by atoms with van der Waals surface area (Å²) in [7, 11) is -3.66. The SMILES string of the molecule is CC(C)n1cc(S(=O)(=O)NC2(C)CC2)cc1C(=O)O. The van der Waals surface area contributed by atoms with Gasteiger partial charge >= 0.3 is 5.97 Å². The van der Waals surface area contributed by atoms with E-state index in [0.29, 0.717) is 0 Å². The Bertz CT molecular complexity index is 612. The Morgan fingerprint density at radius 3 is 2.42 bits per heavy atom. The molecule has 1 aliphatic rings. The molecular weight excluding hydrogens is 268 g/mol. The number of hydrogen-bond acceptors (Lipinski definition) is 3. The minimum absolute atomic E-state index is 0.00623. The highest BCUT2D eigenvalue weighted by Gasteiger charge is 2.41. The van der Waals surface area contributed by atoms with Crippen molar-refractivity contribution in [3.05, 3.63) is 18.0 Å². The van der Waals surface area contributed by atoms with Crippen molar-refractivity contribution < 1.29 is 18.3 Å². The Hall–Kier alpha value is -1.34. The summed E-state index contributed by atoms with van der Waals surface area (Å²) in [6.45, 7) is 5.44. The van der Waals surface area contributed by atoms with E-state index < -0.39 is 16.0 Å². The zero-order valence-electron chi connectivity index (χ0n) is 11.2. The van der Waals surface area contributed by atoms with Crippen LogP contribution in [0, 0.1) is 0 Å². The van der Waals surface area contributed by atoms with Crippen LogP contribution in [0.5, 0.6) is 0 Å². The predicted molar refractivity (Wildman–Crippen MR) is 69.7 cm³/mol. The second-order valence-corrected chi connectivity index (χ2v) is 7.22. The van der Waals surface area contributed by atoms with Crippen LogP contribution in [0.3, 0.4) is 0 Å². The van der Waals surface area contributed by atoms with Crippen LogP contribution in [-0.4, -0.2) is 29.6 Å². The van der Waals surface area contributed by atoms with Crippen LogP contribution in [0.2, 0.25) is 0 Å². The molecule has 1 aromatic rings. The second kappa shape index (κ2) is 4.35. The van der Waals surface area contributed by atoms with Gasteiger partial charge in [-0.3, -0.25) is 0 Å². The molecule has 1 saturated carbocycles. The van der Waals surface area contributed by atoms with Crippen molar-refractivity contribution in [1.29, 1.82) is 0 Å². The molecule has 1 heterocycles. The minimum Gasteiger partial charge on any atom is -0.477 e. The van der Waals surface area contributed by atoms with Crippen LogP contribution >= 0.6 is 0 Å². The first-order chi connectivity index (χ1) is 8.65. The number of aromatic carboxylic acids is 1. The van der Waals surface area contributed by atoms with Crippen LogP contribution < -0.4 is 4.72 Å². The Morgan fingerprint density at radius 2 is 2.05 bits per heavy atom. The number of hydrogen-bond donors (Lipinski definition) is 2. The molecule has 0 atom stereocenters. The monoisotopic (exact) mass is 286 g/mol. The number of nitrogens with one attached hydrogen (secondary N) is 1. The molecule has 2 rings (SSSR count). The number of aromatic nitrogens is 1. The molecule has 0 bridgehead atoms. The molecule has 0 amide bonds. The molecule has 106 valence electrons. The van der Waals surface area contributed by atoms with E-state index >= 15 is 0 Å². The Morgan fingerprint density at radius 1 is 1.47 bits per heavy atom. The summed E-state index contributed by atoms with van der Waals surface area (Å²) in [6, 6.07) is 1.09. The van der Waals surface area contributed by atoms with Crippen LogP contribution in [0.1, 0.15) is 50.1 Å². The zero-order chi connectivity index (χ0) is 14.4. The van der Waals surface area contributed by atoms with Gasteiger partial charge in [0.05, 0.1) is 0 Å². The van der Waals surface area contributed by atoms with E-state index in [1.807, 2.05) is 6.92 Å². The predicted octanol–water partition coefficient (Wildman–Crippen LogP) is 1.60. The van der Waals surface area contributed by atoms with E-state index in [0.717, 1.165) is 12.8 Å². The molecule has 0 unspecified atom stereocenters. The molecule has 6 nitrogen and oxygen atoms in total. The van der Waals surface area contributed by atoms with Crippen LogP contribution in [0.4, 0.5) is 0 Å². The lowest BCUT2D eigenvalue weighted by atomic mass is 10.3. The molecule has 19 heavy (non-hydrogen) atoms. The lowest BCUT2D eigenvalue weighted by Crippen LogP contribution is -2.34. The number of rotatable bonds is 5. The van der Waals surface area contributed by atoms with Crippen molar-refractivity contribution >= 4 is 16.0 Å². The highest BCUT2D eigenvalue weighted by atomic mass is 32.2. The van der Waals surface area contributed by atoms with E-state index in [9.17, 15) is 13.2 Å². The first kappa shape index (κ1) is 14.1. The van der Waals surface area contributed by atoms with Crippen LogP contribution in [-0.2, 0) is 10.0 Å². The van der Waals surface area contributed by atoms with Gasteiger partial charge in [-0.25, -0.2) is 17.9 Å². The number of sulfonamides is 1. The second-order valence-electron chi connectivity index (χ2n) is 5.53. The van der Waals surface area contributed by atoms with Gasteiger partial charge in [0, 0.05) is 17.8 Å². The fourth-order valence-electron chi connectivity index (χ4n) is 1.87. The van der Waals surface area contributed by atoms with Gasteiger partial charge in [0.1, 0.15) is 10.6 Å². The van der Waals surface area contributed by atoms with Crippen molar-refractivity contribution in [2.45, 2.75) is 50.1 Å². The zero-order valence-corrected chi connectivity index (χ0v) is 12.0. The van der Waals surface area contributed by atoms with Gasteiger partial charge in [0.25, 0.3) is 0 Å². The molecule has 1 aromatic heterocycles. The molecule has 0 spiro atoms. The highest BCUT2D eigenvalue weighted by Crippen LogP contribution is 2.36. The molecule has 0 aromatic carbocycles. The van der Waals surface area contributed by atoms with E-state index in [1.165, 1.54) is 16.8 Å². The maximum Gasteiger partial charge on any atom is 0.352 e. The fraction of sp³-hybridized carbons (Fsp3) is 0.583. The lowest BCUT2D eigenvalue weighted by Gasteiger charge is -2.11. The maximum absolute atomic E-state index is 12.2. The molecule has 2 N–H and O–H groups in total. The largest absolute Gasteiger partial charge is 0.477 e. The highest BCUT2D eigenvalue weighted by molar-refractivity contribution is 7.89.